The molecule has 0 aliphatic carbocycles. The number of rotatable bonds is 2. The predicted octanol–water partition coefficient (Wildman–Crippen LogP) is 2.23. The van der Waals surface area contributed by atoms with Gasteiger partial charge in [0.2, 0.25) is 0 Å². The molecule has 0 aliphatic rings. The normalized spacial score (nSPS) is 8.31. The third kappa shape index (κ3) is 2.96. The lowest BCUT2D eigenvalue weighted by atomic mass is 10.1. The van der Waals surface area contributed by atoms with E-state index in [-0.39, 0.29) is 0 Å². The zero-order chi connectivity index (χ0) is 9.52. The molecule has 0 radical (unpaired) electrons. The summed E-state index contributed by atoms with van der Waals surface area (Å²) in [6, 6.07) is 7.42. The van der Waals surface area contributed by atoms with Gasteiger partial charge in [-0.25, -0.2) is 0 Å². The maximum absolute atomic E-state index is 10.4. The van der Waals surface area contributed by atoms with Crippen LogP contribution in [0.5, 0.6) is 0 Å². The molecule has 0 amide bonds. The Morgan fingerprint density at radius 1 is 1.46 bits per heavy atom. The zero-order valence-electron chi connectivity index (χ0n) is 7.29. The van der Waals surface area contributed by atoms with Crippen LogP contribution in [0.4, 0.5) is 0 Å². The van der Waals surface area contributed by atoms with Gasteiger partial charge in [0.25, 0.3) is 0 Å². The Bertz CT molecular complexity index is 366. The fourth-order valence-electron chi connectivity index (χ4n) is 1.00. The van der Waals surface area contributed by atoms with Gasteiger partial charge in [0, 0.05) is 12.0 Å². The number of aldehydes is 1. The van der Waals surface area contributed by atoms with Crippen molar-refractivity contribution < 1.29 is 4.79 Å². The number of hydrogen-bond donors (Lipinski definition) is 0. The van der Waals surface area contributed by atoms with Crippen molar-refractivity contribution in [2.45, 2.75) is 6.42 Å². The first-order valence-corrected chi connectivity index (χ1v) is 4.00. The largest absolute Gasteiger partial charge is 0.298 e. The van der Waals surface area contributed by atoms with E-state index in [0.717, 1.165) is 11.8 Å². The molecule has 0 spiro atoms. The molecular weight excluding hydrogens is 160 g/mol. The summed E-state index contributed by atoms with van der Waals surface area (Å²) < 4.78 is 0. The lowest BCUT2D eigenvalue weighted by Gasteiger charge is -1.94. The number of hydrogen-bond acceptors (Lipinski definition) is 1. The van der Waals surface area contributed by atoms with E-state index in [2.05, 4.69) is 18.4 Å². The maximum atomic E-state index is 10.4. The van der Waals surface area contributed by atoms with E-state index in [1.165, 1.54) is 0 Å². The van der Waals surface area contributed by atoms with E-state index in [0.29, 0.717) is 12.0 Å². The van der Waals surface area contributed by atoms with Crippen LogP contribution in [0, 0.1) is 11.8 Å². The molecule has 0 heterocycles. The Balaban J connectivity index is 2.77. The molecule has 0 aliphatic heterocycles. The van der Waals surface area contributed by atoms with E-state index >= 15 is 0 Å². The molecule has 0 saturated heterocycles. The topological polar surface area (TPSA) is 17.1 Å². The number of carbonyl (C=O) groups excluding carboxylic acids is 1. The predicted molar refractivity (Wildman–Crippen MR) is 53.5 cm³/mol. The summed E-state index contributed by atoms with van der Waals surface area (Å²) in [7, 11) is 0. The summed E-state index contributed by atoms with van der Waals surface area (Å²) in [5, 5.41) is 0. The first kappa shape index (κ1) is 9.28. The van der Waals surface area contributed by atoms with Crippen LogP contribution in [-0.2, 0) is 6.42 Å². The molecule has 0 atom stereocenters. The monoisotopic (exact) mass is 170 g/mol. The standard InChI is InChI=1S/C12H10O/c1-2-3-4-6-11-7-5-8-12(9-11)10-13/h2,5,7-10H,1,6H2. The Kier molecular flexibility index (Phi) is 3.53. The minimum atomic E-state index is 0.660. The second-order valence-corrected chi connectivity index (χ2v) is 2.56. The molecule has 1 aromatic carbocycles. The average Bonchev–Trinajstić information content (AvgIpc) is 2.19. The molecule has 0 aromatic heterocycles. The molecule has 64 valence electrons. The summed E-state index contributed by atoms with van der Waals surface area (Å²) >= 11 is 0. The van der Waals surface area contributed by atoms with Crippen LogP contribution in [-0.4, -0.2) is 6.29 Å². The van der Waals surface area contributed by atoms with Crippen molar-refractivity contribution in [1.29, 1.82) is 0 Å². The molecular formula is C12H10O. The molecule has 0 fully saturated rings. The molecule has 0 bridgehead atoms. The van der Waals surface area contributed by atoms with Crippen molar-refractivity contribution in [3.05, 3.63) is 48.0 Å². The Morgan fingerprint density at radius 3 is 3.00 bits per heavy atom. The third-order valence-electron chi connectivity index (χ3n) is 1.58. The number of benzene rings is 1. The summed E-state index contributed by atoms with van der Waals surface area (Å²) in [4.78, 5) is 10.4. The first-order chi connectivity index (χ1) is 6.36. The van der Waals surface area contributed by atoms with Gasteiger partial charge in [-0.15, -0.1) is 0 Å². The SMILES string of the molecule is C=CC#CCc1cccc(C=O)c1. The highest BCUT2D eigenvalue weighted by molar-refractivity contribution is 5.74. The second kappa shape index (κ2) is 4.95. The molecule has 0 unspecified atom stereocenters. The number of carbonyl (C=O) groups is 1. The second-order valence-electron chi connectivity index (χ2n) is 2.56. The van der Waals surface area contributed by atoms with Gasteiger partial charge in [0.15, 0.2) is 0 Å². The molecule has 0 N–H and O–H groups in total. The van der Waals surface area contributed by atoms with Gasteiger partial charge in [-0.2, -0.15) is 0 Å². The smallest absolute Gasteiger partial charge is 0.150 e. The van der Waals surface area contributed by atoms with Crippen molar-refractivity contribution in [3.8, 4) is 11.8 Å². The number of allylic oxidation sites excluding steroid dienone is 1. The fourth-order valence-corrected chi connectivity index (χ4v) is 1.00. The molecule has 13 heavy (non-hydrogen) atoms. The van der Waals surface area contributed by atoms with E-state index in [4.69, 9.17) is 0 Å². The van der Waals surface area contributed by atoms with Crippen molar-refractivity contribution >= 4 is 6.29 Å². The van der Waals surface area contributed by atoms with Gasteiger partial charge in [-0.1, -0.05) is 36.6 Å². The van der Waals surface area contributed by atoms with E-state index in [9.17, 15) is 4.79 Å². The van der Waals surface area contributed by atoms with Gasteiger partial charge < -0.3 is 0 Å². The van der Waals surface area contributed by atoms with E-state index < -0.39 is 0 Å². The molecule has 1 nitrogen and oxygen atoms in total. The third-order valence-corrected chi connectivity index (χ3v) is 1.58. The summed E-state index contributed by atoms with van der Waals surface area (Å²) in [5.74, 6) is 5.68. The van der Waals surface area contributed by atoms with Crippen LogP contribution in [0.1, 0.15) is 15.9 Å². The van der Waals surface area contributed by atoms with Gasteiger partial charge in [-0.3, -0.25) is 4.79 Å². The zero-order valence-corrected chi connectivity index (χ0v) is 7.29. The van der Waals surface area contributed by atoms with Crippen molar-refractivity contribution in [2.24, 2.45) is 0 Å². The Hall–Kier alpha value is -1.81. The highest BCUT2D eigenvalue weighted by Gasteiger charge is 1.91. The minimum absolute atomic E-state index is 0.660. The summed E-state index contributed by atoms with van der Waals surface area (Å²) in [6.07, 6.45) is 3.06. The van der Waals surface area contributed by atoms with Gasteiger partial charge >= 0.3 is 0 Å². The van der Waals surface area contributed by atoms with Crippen LogP contribution in [0.15, 0.2) is 36.9 Å². The average molecular weight is 170 g/mol. The summed E-state index contributed by atoms with van der Waals surface area (Å²) in [5.41, 5.74) is 1.75. The van der Waals surface area contributed by atoms with Crippen molar-refractivity contribution in [3.63, 3.8) is 0 Å². The highest BCUT2D eigenvalue weighted by Crippen LogP contribution is 2.03. The van der Waals surface area contributed by atoms with Crippen LogP contribution < -0.4 is 0 Å². The van der Waals surface area contributed by atoms with Crippen LogP contribution in [0.2, 0.25) is 0 Å². The molecule has 1 aromatic rings. The van der Waals surface area contributed by atoms with Gasteiger partial charge in [0.1, 0.15) is 6.29 Å². The van der Waals surface area contributed by atoms with Crippen molar-refractivity contribution in [2.75, 3.05) is 0 Å². The lowest BCUT2D eigenvalue weighted by molar-refractivity contribution is 0.112. The lowest BCUT2D eigenvalue weighted by Crippen LogP contribution is -1.84. The molecule has 1 rings (SSSR count). The molecule has 1 heteroatoms. The van der Waals surface area contributed by atoms with Gasteiger partial charge in [0.05, 0.1) is 0 Å². The van der Waals surface area contributed by atoms with Crippen LogP contribution in [0.25, 0.3) is 0 Å². The van der Waals surface area contributed by atoms with Crippen LogP contribution >= 0.6 is 0 Å². The summed E-state index contributed by atoms with van der Waals surface area (Å²) in [6.45, 7) is 3.50. The highest BCUT2D eigenvalue weighted by atomic mass is 16.1. The van der Waals surface area contributed by atoms with Crippen LogP contribution in [0.3, 0.4) is 0 Å². The molecule has 0 saturated carbocycles. The quantitative estimate of drug-likeness (QED) is 0.491. The Morgan fingerprint density at radius 2 is 2.31 bits per heavy atom. The fraction of sp³-hybridized carbons (Fsp3) is 0.0833. The van der Waals surface area contributed by atoms with Crippen molar-refractivity contribution in [1.82, 2.24) is 0 Å². The maximum Gasteiger partial charge on any atom is 0.150 e. The Labute approximate surface area is 78.1 Å². The van der Waals surface area contributed by atoms with E-state index in [1.807, 2.05) is 18.2 Å². The van der Waals surface area contributed by atoms with Gasteiger partial charge in [-0.05, 0) is 17.7 Å². The minimum Gasteiger partial charge on any atom is -0.298 e. The van der Waals surface area contributed by atoms with E-state index in [1.54, 1.807) is 12.1 Å². The first-order valence-electron chi connectivity index (χ1n) is 4.00.